The first kappa shape index (κ1) is 36.0. The summed E-state index contributed by atoms with van der Waals surface area (Å²) in [5, 5.41) is 40.8. The van der Waals surface area contributed by atoms with Crippen molar-refractivity contribution in [3.05, 3.63) is 114 Å². The van der Waals surface area contributed by atoms with Gasteiger partial charge in [0.1, 0.15) is 42.5 Å². The van der Waals surface area contributed by atoms with Crippen LogP contribution in [-0.2, 0) is 23.6 Å². The van der Waals surface area contributed by atoms with Gasteiger partial charge in [0.15, 0.2) is 18.0 Å². The second-order valence-corrected chi connectivity index (χ2v) is 13.5. The number of amides is 1. The number of carboxylic acids is 1. The van der Waals surface area contributed by atoms with E-state index in [0.29, 0.717) is 16.8 Å². The predicted octanol–water partition coefficient (Wildman–Crippen LogP) is 1.92. The molecule has 7 atom stereocenters. The van der Waals surface area contributed by atoms with Crippen LogP contribution in [0.25, 0.3) is 11.1 Å². The molecule has 2 saturated heterocycles. The minimum absolute atomic E-state index is 0.0970. The lowest BCUT2D eigenvalue weighted by molar-refractivity contribution is -0.271. The highest BCUT2D eigenvalue weighted by atomic mass is 31.2. The number of halogens is 1. The predicted molar refractivity (Wildman–Crippen MR) is 176 cm³/mol. The van der Waals surface area contributed by atoms with E-state index in [2.05, 4.69) is 0 Å². The Morgan fingerprint density at radius 3 is 2.12 bits per heavy atom. The molecule has 2 fully saturated rings. The molecule has 14 nitrogen and oxygen atoms in total. The maximum atomic E-state index is 13.6. The lowest BCUT2D eigenvalue weighted by atomic mass is 9.87. The van der Waals surface area contributed by atoms with Crippen LogP contribution < -0.4 is 14.9 Å². The fourth-order valence-electron chi connectivity index (χ4n) is 5.87. The zero-order valence-electron chi connectivity index (χ0n) is 26.3. The number of carboxylic acid groups (broad SMARTS) is 1. The SMILES string of the molecule is O=C(CO[C@H]1C(=O)N(c2ccccc2)[C@@H]1c1ccc(-c2ccc(P(=O)(O)O)cc2)cc1O[C@@H]1OC(C(=O)O)C(O)C(O)C1O)c1ccc(F)cc1. The third-order valence-electron chi connectivity index (χ3n) is 8.57. The van der Waals surface area contributed by atoms with Crippen molar-refractivity contribution in [3.8, 4) is 16.9 Å². The molecule has 0 aliphatic carbocycles. The molecule has 2 aliphatic heterocycles. The number of β-lactam (4-membered cyclic amide) rings is 1. The van der Waals surface area contributed by atoms with Crippen molar-refractivity contribution >= 4 is 36.2 Å². The summed E-state index contributed by atoms with van der Waals surface area (Å²) in [4.78, 5) is 58.8. The van der Waals surface area contributed by atoms with Crippen LogP contribution in [0.2, 0.25) is 0 Å². The van der Waals surface area contributed by atoms with Crippen molar-refractivity contribution in [1.29, 1.82) is 0 Å². The van der Waals surface area contributed by atoms with Crippen LogP contribution in [-0.4, -0.2) is 91.3 Å². The summed E-state index contributed by atoms with van der Waals surface area (Å²) in [7, 11) is -4.55. The smallest absolute Gasteiger partial charge is 0.356 e. The number of nitrogens with zero attached hydrogens (tertiary/aromatic N) is 1. The molecule has 4 aromatic rings. The van der Waals surface area contributed by atoms with Crippen molar-refractivity contribution in [2.24, 2.45) is 0 Å². The second kappa shape index (κ2) is 14.4. The summed E-state index contributed by atoms with van der Waals surface area (Å²) < 4.78 is 42.5. The number of benzene rings is 4. The van der Waals surface area contributed by atoms with Gasteiger partial charge in [-0.05, 0) is 65.7 Å². The molecule has 0 saturated carbocycles. The summed E-state index contributed by atoms with van der Waals surface area (Å²) in [5.74, 6) is -3.34. The third kappa shape index (κ3) is 7.33. The van der Waals surface area contributed by atoms with E-state index in [1.165, 1.54) is 47.4 Å². The zero-order chi connectivity index (χ0) is 36.6. The molecule has 6 N–H and O–H groups in total. The largest absolute Gasteiger partial charge is 0.479 e. The lowest BCUT2D eigenvalue weighted by Crippen LogP contribution is -2.62. The number of rotatable bonds is 11. The molecule has 0 aromatic heterocycles. The molecule has 0 radical (unpaired) electrons. The number of aliphatic carboxylic acids is 1. The van der Waals surface area contributed by atoms with Crippen LogP contribution in [0.5, 0.6) is 5.75 Å². The summed E-state index contributed by atoms with van der Waals surface area (Å²) in [6, 6.07) is 22.2. The van der Waals surface area contributed by atoms with E-state index in [0.717, 1.165) is 12.1 Å². The number of hydrogen-bond acceptors (Lipinski definition) is 10. The van der Waals surface area contributed by atoms with Crippen molar-refractivity contribution in [1.82, 2.24) is 0 Å². The highest BCUT2D eigenvalue weighted by molar-refractivity contribution is 7.60. The number of aliphatic hydroxyl groups excluding tert-OH is 3. The molecular formula is C35H31FNO13P. The van der Waals surface area contributed by atoms with E-state index in [9.17, 15) is 53.6 Å². The van der Waals surface area contributed by atoms with E-state index >= 15 is 0 Å². The van der Waals surface area contributed by atoms with Gasteiger partial charge in [-0.1, -0.05) is 42.5 Å². The Hall–Kier alpha value is -4.83. The number of aliphatic hydroxyl groups is 3. The fraction of sp³-hybridized carbons (Fsp3) is 0.229. The molecular weight excluding hydrogens is 692 g/mol. The number of carbonyl (C=O) groups is 3. The molecule has 0 bridgehead atoms. The van der Waals surface area contributed by atoms with Gasteiger partial charge in [-0.3, -0.25) is 19.1 Å². The van der Waals surface area contributed by atoms with E-state index < -0.39 is 80.5 Å². The van der Waals surface area contributed by atoms with Gasteiger partial charge in [0.05, 0.1) is 5.30 Å². The second-order valence-electron chi connectivity index (χ2n) is 11.8. The third-order valence-corrected chi connectivity index (χ3v) is 9.54. The summed E-state index contributed by atoms with van der Waals surface area (Å²) in [6.07, 6.45) is -11.0. The normalized spacial score (nSPS) is 24.9. The number of Topliss-reactive ketones (excluding diaryl/α,β-unsaturated/α-hetero) is 1. The number of ketones is 1. The summed E-state index contributed by atoms with van der Waals surface area (Å²) >= 11 is 0. The number of hydrogen-bond donors (Lipinski definition) is 6. The van der Waals surface area contributed by atoms with Crippen molar-refractivity contribution in [3.63, 3.8) is 0 Å². The fourth-order valence-corrected chi connectivity index (χ4v) is 6.41. The number of anilines is 1. The van der Waals surface area contributed by atoms with E-state index in [1.807, 2.05) is 0 Å². The standard InChI is InChI=1S/C35H31FNO13P/c36-21-11-6-19(7-12-21)25(38)17-48-31-27(37(33(31)42)22-4-2-1-3-5-22)24-15-10-20(18-8-13-23(14-9-18)51(45,46)47)16-26(24)49-35-30(41)28(39)29(40)32(50-35)34(43)44/h1-16,27-32,35,39-41H,17H2,(H,43,44)(H2,45,46,47)/t27-,28?,29?,30?,31-,32?,35-/m1/s1. The van der Waals surface area contributed by atoms with Gasteiger partial charge >= 0.3 is 13.6 Å². The summed E-state index contributed by atoms with van der Waals surface area (Å²) in [6.45, 7) is -0.559. The van der Waals surface area contributed by atoms with Crippen LogP contribution in [0, 0.1) is 5.82 Å². The number of ether oxygens (including phenoxy) is 3. The highest BCUT2D eigenvalue weighted by Crippen LogP contribution is 2.46. The quantitative estimate of drug-likeness (QED) is 0.0741. The van der Waals surface area contributed by atoms with E-state index in [-0.39, 0.29) is 22.2 Å². The Kier molecular flexibility index (Phi) is 10.2. The van der Waals surface area contributed by atoms with Gasteiger partial charge in [0.25, 0.3) is 5.91 Å². The molecule has 4 unspecified atom stereocenters. The van der Waals surface area contributed by atoms with Crippen LogP contribution in [0.15, 0.2) is 97.1 Å². The van der Waals surface area contributed by atoms with Crippen molar-refractivity contribution in [2.75, 3.05) is 11.5 Å². The average molecular weight is 724 g/mol. The first-order valence-corrected chi connectivity index (χ1v) is 17.0. The van der Waals surface area contributed by atoms with Gasteiger partial charge in [-0.2, -0.15) is 0 Å². The molecule has 2 heterocycles. The van der Waals surface area contributed by atoms with Gasteiger partial charge in [0, 0.05) is 16.8 Å². The molecule has 2 aliphatic rings. The Balaban J connectivity index is 1.41. The molecule has 266 valence electrons. The maximum absolute atomic E-state index is 13.6. The highest BCUT2D eigenvalue weighted by Gasteiger charge is 2.52. The maximum Gasteiger partial charge on any atom is 0.356 e. The number of para-hydroxylation sites is 1. The Morgan fingerprint density at radius 1 is 0.843 bits per heavy atom. The molecule has 4 aromatic carbocycles. The monoisotopic (exact) mass is 723 g/mol. The molecule has 1 amide bonds. The first-order chi connectivity index (χ1) is 24.2. The molecule has 0 spiro atoms. The van der Waals surface area contributed by atoms with Crippen LogP contribution >= 0.6 is 7.60 Å². The topological polar surface area (TPSA) is 221 Å². The average Bonchev–Trinajstić information content (AvgIpc) is 3.11. The van der Waals surface area contributed by atoms with Crippen LogP contribution in [0.3, 0.4) is 0 Å². The Morgan fingerprint density at radius 2 is 1.49 bits per heavy atom. The summed E-state index contributed by atoms with van der Waals surface area (Å²) in [5.41, 5.74) is 1.69. The zero-order valence-corrected chi connectivity index (χ0v) is 27.2. The van der Waals surface area contributed by atoms with Crippen molar-refractivity contribution < 1.29 is 67.8 Å². The van der Waals surface area contributed by atoms with Gasteiger partial charge in [-0.15, -0.1) is 0 Å². The van der Waals surface area contributed by atoms with Crippen LogP contribution in [0.1, 0.15) is 22.0 Å². The lowest BCUT2D eigenvalue weighted by Gasteiger charge is -2.47. The number of carbonyl (C=O) groups excluding carboxylic acids is 2. The van der Waals surface area contributed by atoms with Gasteiger partial charge in [0.2, 0.25) is 6.29 Å². The van der Waals surface area contributed by atoms with E-state index in [4.69, 9.17) is 14.2 Å². The molecule has 6 rings (SSSR count). The minimum atomic E-state index is -4.55. The van der Waals surface area contributed by atoms with Gasteiger partial charge < -0.3 is 44.4 Å². The Labute approximate surface area is 289 Å². The Bertz CT molecular complexity index is 1970. The van der Waals surface area contributed by atoms with E-state index in [1.54, 1.807) is 42.5 Å². The first-order valence-electron chi connectivity index (χ1n) is 15.4. The molecule has 16 heteroatoms. The van der Waals surface area contributed by atoms with Crippen LogP contribution in [0.4, 0.5) is 10.1 Å². The minimum Gasteiger partial charge on any atom is -0.479 e. The van der Waals surface area contributed by atoms with Crippen molar-refractivity contribution in [2.45, 2.75) is 42.9 Å². The molecule has 51 heavy (non-hydrogen) atoms. The van der Waals surface area contributed by atoms with Gasteiger partial charge in [-0.25, -0.2) is 9.18 Å².